The Morgan fingerprint density at radius 2 is 1.80 bits per heavy atom. The summed E-state index contributed by atoms with van der Waals surface area (Å²) >= 11 is 0. The van der Waals surface area contributed by atoms with Gasteiger partial charge in [-0.05, 0) is 31.2 Å². The minimum atomic E-state index is 0.283. The number of hydrogen-bond acceptors (Lipinski definition) is 4. The van der Waals surface area contributed by atoms with Gasteiger partial charge in [0.1, 0.15) is 11.2 Å². The summed E-state index contributed by atoms with van der Waals surface area (Å²) in [5.41, 5.74) is 3.26. The molecule has 0 unspecified atom stereocenters. The van der Waals surface area contributed by atoms with E-state index in [1.807, 2.05) is 45.0 Å². The Bertz CT molecular complexity index is 717. The zero-order valence-corrected chi connectivity index (χ0v) is 11.8. The van der Waals surface area contributed by atoms with Gasteiger partial charge in [0.2, 0.25) is 0 Å². The molecule has 0 amide bonds. The van der Waals surface area contributed by atoms with E-state index in [1.165, 1.54) is 0 Å². The first-order valence-electron chi connectivity index (χ1n) is 6.62. The van der Waals surface area contributed by atoms with Gasteiger partial charge in [-0.2, -0.15) is 0 Å². The normalized spacial score (nSPS) is 9.95. The molecule has 0 fully saturated rings. The van der Waals surface area contributed by atoms with Crippen LogP contribution in [0.1, 0.15) is 30.9 Å². The minimum Gasteiger partial charge on any atom is -0.452 e. The molecule has 4 nitrogen and oxygen atoms in total. The van der Waals surface area contributed by atoms with Crippen molar-refractivity contribution in [1.29, 1.82) is 5.41 Å². The highest BCUT2D eigenvalue weighted by Crippen LogP contribution is 2.24. The molecule has 0 aliphatic carbocycles. The molecule has 4 heteroatoms. The summed E-state index contributed by atoms with van der Waals surface area (Å²) < 4.78 is 5.69. The molecule has 0 aromatic carbocycles. The maximum Gasteiger partial charge on any atom is 0.159 e. The SMILES string of the molecule is CC.Cc1c(C(=N)c2ccccn2)oc2cccnc12. The quantitative estimate of drug-likeness (QED) is 0.714. The molecule has 0 saturated heterocycles. The summed E-state index contributed by atoms with van der Waals surface area (Å²) in [5.74, 6) is 0.530. The van der Waals surface area contributed by atoms with Crippen molar-refractivity contribution < 1.29 is 4.42 Å². The third-order valence-electron chi connectivity index (χ3n) is 2.83. The van der Waals surface area contributed by atoms with Gasteiger partial charge in [-0.1, -0.05) is 19.9 Å². The van der Waals surface area contributed by atoms with E-state index >= 15 is 0 Å². The van der Waals surface area contributed by atoms with Crippen molar-refractivity contribution in [2.45, 2.75) is 20.8 Å². The van der Waals surface area contributed by atoms with Crippen LogP contribution in [0.5, 0.6) is 0 Å². The van der Waals surface area contributed by atoms with Gasteiger partial charge in [0, 0.05) is 18.0 Å². The fourth-order valence-corrected chi connectivity index (χ4v) is 1.91. The van der Waals surface area contributed by atoms with Crippen molar-refractivity contribution in [3.05, 3.63) is 59.7 Å². The Kier molecular flexibility index (Phi) is 4.25. The number of aromatic nitrogens is 2. The number of aryl methyl sites for hydroxylation is 1. The van der Waals surface area contributed by atoms with Crippen molar-refractivity contribution >= 4 is 16.8 Å². The van der Waals surface area contributed by atoms with Gasteiger partial charge >= 0.3 is 0 Å². The van der Waals surface area contributed by atoms with Crippen LogP contribution < -0.4 is 0 Å². The van der Waals surface area contributed by atoms with Crippen molar-refractivity contribution in [2.24, 2.45) is 0 Å². The molecule has 20 heavy (non-hydrogen) atoms. The summed E-state index contributed by atoms with van der Waals surface area (Å²) in [4.78, 5) is 8.43. The van der Waals surface area contributed by atoms with E-state index in [4.69, 9.17) is 9.83 Å². The van der Waals surface area contributed by atoms with E-state index in [2.05, 4.69) is 9.97 Å². The Morgan fingerprint density at radius 1 is 1.05 bits per heavy atom. The second kappa shape index (κ2) is 6.10. The smallest absolute Gasteiger partial charge is 0.159 e. The number of rotatable bonds is 2. The second-order valence-corrected chi connectivity index (χ2v) is 4.00. The van der Waals surface area contributed by atoms with Crippen LogP contribution in [0.25, 0.3) is 11.1 Å². The third kappa shape index (κ3) is 2.45. The molecule has 3 heterocycles. The Morgan fingerprint density at radius 3 is 2.45 bits per heavy atom. The predicted molar refractivity (Wildman–Crippen MR) is 80.3 cm³/mol. The standard InChI is InChI=1S/C14H11N3O.C2H6/c1-9-13-11(6-4-8-17-13)18-14(9)12(15)10-5-2-3-7-16-10;1-2/h2-8,15H,1H3;1-2H3. The number of hydrogen-bond donors (Lipinski definition) is 1. The van der Waals surface area contributed by atoms with E-state index in [0.29, 0.717) is 17.0 Å². The fourth-order valence-electron chi connectivity index (χ4n) is 1.91. The minimum absolute atomic E-state index is 0.283. The topological polar surface area (TPSA) is 62.8 Å². The lowest BCUT2D eigenvalue weighted by molar-refractivity contribution is 0.601. The Hall–Kier alpha value is -2.49. The Labute approximate surface area is 118 Å². The summed E-state index contributed by atoms with van der Waals surface area (Å²) in [7, 11) is 0. The molecular formula is C16H17N3O. The first kappa shape index (κ1) is 13.9. The van der Waals surface area contributed by atoms with Crippen LogP contribution >= 0.6 is 0 Å². The van der Waals surface area contributed by atoms with E-state index in [0.717, 1.165) is 11.1 Å². The van der Waals surface area contributed by atoms with E-state index in [1.54, 1.807) is 18.5 Å². The lowest BCUT2D eigenvalue weighted by Gasteiger charge is -2.00. The zero-order chi connectivity index (χ0) is 14.5. The molecule has 3 rings (SSSR count). The molecule has 3 aromatic heterocycles. The monoisotopic (exact) mass is 267 g/mol. The summed E-state index contributed by atoms with van der Waals surface area (Å²) in [6.07, 6.45) is 3.39. The molecule has 0 radical (unpaired) electrons. The first-order chi connectivity index (χ1) is 9.77. The number of nitrogens with one attached hydrogen (secondary N) is 1. The summed E-state index contributed by atoms with van der Waals surface area (Å²) in [6.45, 7) is 5.91. The molecule has 0 bridgehead atoms. The number of furan rings is 1. The third-order valence-corrected chi connectivity index (χ3v) is 2.83. The molecule has 0 spiro atoms. The van der Waals surface area contributed by atoms with Crippen LogP contribution in [0.3, 0.4) is 0 Å². The molecule has 0 saturated carbocycles. The highest BCUT2D eigenvalue weighted by molar-refractivity contribution is 6.10. The number of pyridine rings is 2. The van der Waals surface area contributed by atoms with Crippen LogP contribution in [0.4, 0.5) is 0 Å². The molecule has 1 N–H and O–H groups in total. The predicted octanol–water partition coefficient (Wildman–Crippen LogP) is 3.97. The highest BCUT2D eigenvalue weighted by Gasteiger charge is 2.17. The molecule has 0 atom stereocenters. The molecule has 0 aliphatic rings. The average molecular weight is 267 g/mol. The van der Waals surface area contributed by atoms with E-state index in [-0.39, 0.29) is 5.71 Å². The lowest BCUT2D eigenvalue weighted by Crippen LogP contribution is -2.03. The van der Waals surface area contributed by atoms with Gasteiger partial charge in [-0.15, -0.1) is 0 Å². The van der Waals surface area contributed by atoms with E-state index < -0.39 is 0 Å². The first-order valence-corrected chi connectivity index (χ1v) is 6.62. The van der Waals surface area contributed by atoms with Crippen LogP contribution in [0.2, 0.25) is 0 Å². The maximum absolute atomic E-state index is 8.16. The second-order valence-electron chi connectivity index (χ2n) is 4.00. The molecule has 3 aromatic rings. The highest BCUT2D eigenvalue weighted by atomic mass is 16.3. The van der Waals surface area contributed by atoms with Crippen molar-refractivity contribution in [1.82, 2.24) is 9.97 Å². The van der Waals surface area contributed by atoms with Crippen LogP contribution in [-0.4, -0.2) is 15.7 Å². The zero-order valence-electron chi connectivity index (χ0n) is 11.8. The average Bonchev–Trinajstić information content (AvgIpc) is 2.87. The summed E-state index contributed by atoms with van der Waals surface area (Å²) in [6, 6.07) is 9.14. The van der Waals surface area contributed by atoms with E-state index in [9.17, 15) is 0 Å². The van der Waals surface area contributed by atoms with Gasteiger partial charge in [0.05, 0.1) is 5.69 Å². The molecular weight excluding hydrogens is 250 g/mol. The fraction of sp³-hybridized carbons (Fsp3) is 0.188. The van der Waals surface area contributed by atoms with Gasteiger partial charge in [0.15, 0.2) is 11.3 Å². The van der Waals surface area contributed by atoms with Crippen LogP contribution in [0.15, 0.2) is 47.1 Å². The van der Waals surface area contributed by atoms with Crippen molar-refractivity contribution in [3.8, 4) is 0 Å². The van der Waals surface area contributed by atoms with Crippen LogP contribution in [0, 0.1) is 12.3 Å². The molecule has 102 valence electrons. The van der Waals surface area contributed by atoms with Gasteiger partial charge in [-0.3, -0.25) is 15.4 Å². The summed E-state index contributed by atoms with van der Waals surface area (Å²) in [5, 5.41) is 8.16. The van der Waals surface area contributed by atoms with Crippen LogP contribution in [-0.2, 0) is 0 Å². The largest absolute Gasteiger partial charge is 0.452 e. The van der Waals surface area contributed by atoms with Gasteiger partial charge < -0.3 is 4.42 Å². The van der Waals surface area contributed by atoms with Gasteiger partial charge in [0.25, 0.3) is 0 Å². The van der Waals surface area contributed by atoms with Crippen molar-refractivity contribution in [3.63, 3.8) is 0 Å². The Balaban J connectivity index is 0.000000704. The number of fused-ring (bicyclic) bond motifs is 1. The molecule has 0 aliphatic heterocycles. The van der Waals surface area contributed by atoms with Crippen molar-refractivity contribution in [2.75, 3.05) is 0 Å². The lowest BCUT2D eigenvalue weighted by atomic mass is 10.1. The van der Waals surface area contributed by atoms with Gasteiger partial charge in [-0.25, -0.2) is 0 Å². The maximum atomic E-state index is 8.16. The number of nitrogens with zero attached hydrogens (tertiary/aromatic N) is 2.